The third-order valence-electron chi connectivity index (χ3n) is 3.17. The van der Waals surface area contributed by atoms with Crippen molar-refractivity contribution in [3.05, 3.63) is 72.3 Å². The largest absolute Gasteiger partial charge is 0.493 e. The number of methoxy groups -OCH3 is 1. The van der Waals surface area contributed by atoms with E-state index in [9.17, 15) is 4.79 Å². The Hall–Kier alpha value is -3.08. The molecule has 2 aromatic carbocycles. The maximum Gasteiger partial charge on any atom is 0.277 e. The van der Waals surface area contributed by atoms with E-state index >= 15 is 0 Å². The van der Waals surface area contributed by atoms with Crippen LogP contribution in [0.4, 0.5) is 0 Å². The molecule has 0 unspecified atom stereocenters. The molecule has 5 heteroatoms. The zero-order valence-corrected chi connectivity index (χ0v) is 13.6. The molecule has 0 aliphatic heterocycles. The Balaban J connectivity index is 1.87. The fourth-order valence-corrected chi connectivity index (χ4v) is 2.02. The molecule has 0 spiro atoms. The highest BCUT2D eigenvalue weighted by Crippen LogP contribution is 2.28. The first-order valence-corrected chi connectivity index (χ1v) is 7.50. The Kier molecular flexibility index (Phi) is 6.58. The van der Waals surface area contributed by atoms with Crippen molar-refractivity contribution in [3.63, 3.8) is 0 Å². The number of hydrogen-bond donors (Lipinski definition) is 1. The smallest absolute Gasteiger partial charge is 0.277 e. The summed E-state index contributed by atoms with van der Waals surface area (Å²) >= 11 is 0. The number of rotatable bonds is 8. The normalized spacial score (nSPS) is 10.4. The van der Waals surface area contributed by atoms with E-state index in [4.69, 9.17) is 9.47 Å². The van der Waals surface area contributed by atoms with Gasteiger partial charge in [0, 0.05) is 0 Å². The van der Waals surface area contributed by atoms with Gasteiger partial charge in [0.05, 0.1) is 13.3 Å². The van der Waals surface area contributed by atoms with Crippen LogP contribution in [0.25, 0.3) is 0 Å². The molecular formula is C19H20N2O3. The van der Waals surface area contributed by atoms with E-state index in [1.807, 2.05) is 48.5 Å². The highest BCUT2D eigenvalue weighted by atomic mass is 16.5. The van der Waals surface area contributed by atoms with Gasteiger partial charge in [0.25, 0.3) is 5.91 Å². The first-order valence-electron chi connectivity index (χ1n) is 7.50. The maximum absolute atomic E-state index is 11.8. The summed E-state index contributed by atoms with van der Waals surface area (Å²) < 4.78 is 10.8. The predicted octanol–water partition coefficient (Wildman–Crippen LogP) is 2.95. The van der Waals surface area contributed by atoms with Gasteiger partial charge in [-0.25, -0.2) is 5.43 Å². The van der Waals surface area contributed by atoms with Gasteiger partial charge in [-0.15, -0.1) is 6.58 Å². The summed E-state index contributed by atoms with van der Waals surface area (Å²) in [5, 5.41) is 3.89. The summed E-state index contributed by atoms with van der Waals surface area (Å²) in [6.45, 7) is 3.56. The van der Waals surface area contributed by atoms with Gasteiger partial charge in [0.15, 0.2) is 18.1 Å². The number of allylic oxidation sites excluding steroid dienone is 1. The molecule has 0 saturated carbocycles. The molecule has 2 rings (SSSR count). The third kappa shape index (κ3) is 5.28. The SMILES string of the molecule is C=CCc1ccc(OCC(=O)N/N=C\c2ccccc2)c(OC)c1. The zero-order chi connectivity index (χ0) is 17.2. The number of ether oxygens (including phenoxy) is 2. The van der Waals surface area contributed by atoms with Crippen molar-refractivity contribution < 1.29 is 14.3 Å². The van der Waals surface area contributed by atoms with Crippen LogP contribution in [-0.4, -0.2) is 25.8 Å². The fraction of sp³-hybridized carbons (Fsp3) is 0.158. The number of carbonyl (C=O) groups is 1. The quantitative estimate of drug-likeness (QED) is 0.461. The van der Waals surface area contributed by atoms with Crippen molar-refractivity contribution in [3.8, 4) is 11.5 Å². The first-order chi connectivity index (χ1) is 11.7. The van der Waals surface area contributed by atoms with Crippen LogP contribution in [0.15, 0.2) is 66.3 Å². The molecule has 0 aliphatic carbocycles. The van der Waals surface area contributed by atoms with Gasteiger partial charge in [0.2, 0.25) is 0 Å². The average Bonchev–Trinajstić information content (AvgIpc) is 2.61. The lowest BCUT2D eigenvalue weighted by atomic mass is 10.1. The van der Waals surface area contributed by atoms with E-state index in [2.05, 4.69) is 17.1 Å². The van der Waals surface area contributed by atoms with E-state index in [1.165, 1.54) is 0 Å². The van der Waals surface area contributed by atoms with Crippen molar-refractivity contribution in [1.82, 2.24) is 5.43 Å². The highest BCUT2D eigenvalue weighted by molar-refractivity contribution is 5.82. The van der Waals surface area contributed by atoms with Gasteiger partial charge in [-0.1, -0.05) is 42.5 Å². The lowest BCUT2D eigenvalue weighted by molar-refractivity contribution is -0.123. The second kappa shape index (κ2) is 9.15. The van der Waals surface area contributed by atoms with Gasteiger partial charge >= 0.3 is 0 Å². The Bertz CT molecular complexity index is 712. The van der Waals surface area contributed by atoms with Crippen molar-refractivity contribution in [2.75, 3.05) is 13.7 Å². The average molecular weight is 324 g/mol. The summed E-state index contributed by atoms with van der Waals surface area (Å²) in [4.78, 5) is 11.8. The molecular weight excluding hydrogens is 304 g/mol. The maximum atomic E-state index is 11.8. The summed E-state index contributed by atoms with van der Waals surface area (Å²) in [7, 11) is 1.56. The van der Waals surface area contributed by atoms with Crippen LogP contribution in [-0.2, 0) is 11.2 Å². The van der Waals surface area contributed by atoms with Crippen LogP contribution >= 0.6 is 0 Å². The van der Waals surface area contributed by atoms with Crippen LogP contribution in [0.1, 0.15) is 11.1 Å². The minimum absolute atomic E-state index is 0.150. The standard InChI is InChI=1S/C19H20N2O3/c1-3-7-15-10-11-17(18(12-15)23-2)24-14-19(22)21-20-13-16-8-5-4-6-9-16/h3-6,8-13H,1,7,14H2,2H3,(H,21,22)/b20-13-. The van der Waals surface area contributed by atoms with Crippen molar-refractivity contribution in [1.29, 1.82) is 0 Å². The third-order valence-corrected chi connectivity index (χ3v) is 3.17. The number of nitrogens with zero attached hydrogens (tertiary/aromatic N) is 1. The predicted molar refractivity (Wildman–Crippen MR) is 94.6 cm³/mol. The lowest BCUT2D eigenvalue weighted by Crippen LogP contribution is -2.24. The lowest BCUT2D eigenvalue weighted by Gasteiger charge is -2.11. The Morgan fingerprint density at radius 1 is 1.21 bits per heavy atom. The van der Waals surface area contributed by atoms with Crippen LogP contribution < -0.4 is 14.9 Å². The van der Waals surface area contributed by atoms with Gasteiger partial charge in [0.1, 0.15) is 0 Å². The van der Waals surface area contributed by atoms with E-state index in [1.54, 1.807) is 19.4 Å². The highest BCUT2D eigenvalue weighted by Gasteiger charge is 2.08. The Morgan fingerprint density at radius 2 is 2.00 bits per heavy atom. The van der Waals surface area contributed by atoms with Gasteiger partial charge in [-0.3, -0.25) is 4.79 Å². The number of carbonyl (C=O) groups excluding carboxylic acids is 1. The summed E-state index contributed by atoms with van der Waals surface area (Å²) in [6.07, 6.45) is 4.13. The second-order valence-corrected chi connectivity index (χ2v) is 4.97. The number of benzene rings is 2. The monoisotopic (exact) mass is 324 g/mol. The van der Waals surface area contributed by atoms with Crippen LogP contribution in [0.3, 0.4) is 0 Å². The van der Waals surface area contributed by atoms with Crippen LogP contribution in [0.2, 0.25) is 0 Å². The first kappa shape index (κ1) is 17.3. The molecule has 5 nitrogen and oxygen atoms in total. The Labute approximate surface area is 141 Å². The number of hydrogen-bond acceptors (Lipinski definition) is 4. The molecule has 0 fully saturated rings. The molecule has 124 valence electrons. The van der Waals surface area contributed by atoms with Crippen molar-refractivity contribution >= 4 is 12.1 Å². The van der Waals surface area contributed by atoms with E-state index < -0.39 is 0 Å². The molecule has 1 N–H and O–H groups in total. The van der Waals surface area contributed by atoms with Crippen molar-refractivity contribution in [2.45, 2.75) is 6.42 Å². The van der Waals surface area contributed by atoms with E-state index in [0.717, 1.165) is 17.5 Å². The topological polar surface area (TPSA) is 59.9 Å². The Morgan fingerprint density at radius 3 is 2.71 bits per heavy atom. The van der Waals surface area contributed by atoms with Crippen LogP contribution in [0.5, 0.6) is 11.5 Å². The summed E-state index contributed by atoms with van der Waals surface area (Å²) in [5.74, 6) is 0.738. The minimum Gasteiger partial charge on any atom is -0.493 e. The number of nitrogens with one attached hydrogen (secondary N) is 1. The molecule has 24 heavy (non-hydrogen) atoms. The molecule has 0 saturated heterocycles. The zero-order valence-electron chi connectivity index (χ0n) is 13.6. The molecule has 0 atom stereocenters. The molecule has 2 aromatic rings. The van der Waals surface area contributed by atoms with Gasteiger partial charge < -0.3 is 9.47 Å². The van der Waals surface area contributed by atoms with Crippen LogP contribution in [0, 0.1) is 0 Å². The minimum atomic E-state index is -0.348. The number of hydrazone groups is 1. The van der Waals surface area contributed by atoms with E-state index in [-0.39, 0.29) is 12.5 Å². The summed E-state index contributed by atoms with van der Waals surface area (Å²) in [6, 6.07) is 15.0. The molecule has 0 heterocycles. The fourth-order valence-electron chi connectivity index (χ4n) is 2.02. The molecule has 0 aliphatic rings. The van der Waals surface area contributed by atoms with E-state index in [0.29, 0.717) is 11.5 Å². The molecule has 1 amide bonds. The number of amides is 1. The molecule has 0 radical (unpaired) electrons. The van der Waals surface area contributed by atoms with Crippen molar-refractivity contribution in [2.24, 2.45) is 5.10 Å². The molecule has 0 bridgehead atoms. The van der Waals surface area contributed by atoms with Gasteiger partial charge in [-0.05, 0) is 29.7 Å². The van der Waals surface area contributed by atoms with Gasteiger partial charge in [-0.2, -0.15) is 5.10 Å². The second-order valence-electron chi connectivity index (χ2n) is 4.97. The summed E-state index contributed by atoms with van der Waals surface area (Å²) in [5.41, 5.74) is 4.38. The molecule has 0 aromatic heterocycles.